The van der Waals surface area contributed by atoms with E-state index in [1.165, 1.54) is 0 Å². The summed E-state index contributed by atoms with van der Waals surface area (Å²) < 4.78 is 11.0. The SMILES string of the molecule is CC(C)(C)OC(=O)N1CC[C@H](COCc2ccc(Cl)nn2)C1. The van der Waals surface area contributed by atoms with Crippen LogP contribution in [0.5, 0.6) is 0 Å². The molecule has 0 aliphatic carbocycles. The first-order valence-electron chi connectivity index (χ1n) is 7.37. The number of halogens is 1. The van der Waals surface area contributed by atoms with E-state index in [0.29, 0.717) is 37.4 Å². The van der Waals surface area contributed by atoms with Gasteiger partial charge in [-0.1, -0.05) is 11.6 Å². The predicted molar refractivity (Wildman–Crippen MR) is 82.6 cm³/mol. The number of carbonyl (C=O) groups excluding carboxylic acids is 1. The summed E-state index contributed by atoms with van der Waals surface area (Å²) in [6.07, 6.45) is 0.671. The number of ether oxygens (including phenoxy) is 2. The lowest BCUT2D eigenvalue weighted by molar-refractivity contribution is 0.0270. The van der Waals surface area contributed by atoms with E-state index in [0.717, 1.165) is 12.1 Å². The molecule has 0 radical (unpaired) electrons. The van der Waals surface area contributed by atoms with Crippen LogP contribution in [0.3, 0.4) is 0 Å². The van der Waals surface area contributed by atoms with Gasteiger partial charge in [-0.3, -0.25) is 0 Å². The number of rotatable bonds is 4. The first-order valence-corrected chi connectivity index (χ1v) is 7.75. The van der Waals surface area contributed by atoms with E-state index >= 15 is 0 Å². The average molecular weight is 328 g/mol. The van der Waals surface area contributed by atoms with E-state index in [-0.39, 0.29) is 6.09 Å². The average Bonchev–Trinajstić information content (AvgIpc) is 2.88. The quantitative estimate of drug-likeness (QED) is 0.850. The smallest absolute Gasteiger partial charge is 0.410 e. The zero-order valence-corrected chi connectivity index (χ0v) is 14.0. The van der Waals surface area contributed by atoms with Gasteiger partial charge in [0.15, 0.2) is 5.15 Å². The van der Waals surface area contributed by atoms with Gasteiger partial charge in [0.25, 0.3) is 0 Å². The maximum atomic E-state index is 12.0. The van der Waals surface area contributed by atoms with Gasteiger partial charge in [-0.05, 0) is 39.3 Å². The molecule has 7 heteroatoms. The minimum atomic E-state index is -0.459. The van der Waals surface area contributed by atoms with Gasteiger partial charge in [-0.2, -0.15) is 5.10 Å². The Morgan fingerprint density at radius 1 is 1.41 bits per heavy atom. The van der Waals surface area contributed by atoms with E-state index in [1.54, 1.807) is 17.0 Å². The Balaban J connectivity index is 1.70. The van der Waals surface area contributed by atoms with Gasteiger partial charge in [-0.25, -0.2) is 4.79 Å². The van der Waals surface area contributed by atoms with Crippen LogP contribution in [0.25, 0.3) is 0 Å². The van der Waals surface area contributed by atoms with Crippen LogP contribution >= 0.6 is 11.6 Å². The van der Waals surface area contributed by atoms with Crippen LogP contribution in [0, 0.1) is 5.92 Å². The zero-order chi connectivity index (χ0) is 16.2. The summed E-state index contributed by atoms with van der Waals surface area (Å²) in [6, 6.07) is 3.48. The lowest BCUT2D eigenvalue weighted by atomic mass is 10.1. The summed E-state index contributed by atoms with van der Waals surface area (Å²) in [5, 5.41) is 8.07. The van der Waals surface area contributed by atoms with Crippen LogP contribution in [0.1, 0.15) is 32.9 Å². The van der Waals surface area contributed by atoms with E-state index in [4.69, 9.17) is 21.1 Å². The number of nitrogens with zero attached hydrogens (tertiary/aromatic N) is 3. The molecule has 1 aliphatic heterocycles. The molecule has 6 nitrogen and oxygen atoms in total. The van der Waals surface area contributed by atoms with Gasteiger partial charge in [0.1, 0.15) is 5.60 Å². The molecule has 2 rings (SSSR count). The summed E-state index contributed by atoms with van der Waals surface area (Å²) in [6.45, 7) is 7.97. The zero-order valence-electron chi connectivity index (χ0n) is 13.2. The predicted octanol–water partition coefficient (Wildman–Crippen LogP) is 2.90. The van der Waals surface area contributed by atoms with Crippen molar-refractivity contribution in [1.82, 2.24) is 15.1 Å². The maximum absolute atomic E-state index is 12.0. The first kappa shape index (κ1) is 17.0. The fraction of sp³-hybridized carbons (Fsp3) is 0.667. The normalized spacial score (nSPS) is 18.5. The molecule has 1 aromatic rings. The second-order valence-electron chi connectivity index (χ2n) is 6.44. The molecule has 1 aliphatic rings. The third-order valence-electron chi connectivity index (χ3n) is 3.23. The van der Waals surface area contributed by atoms with Crippen LogP contribution in [-0.2, 0) is 16.1 Å². The Morgan fingerprint density at radius 2 is 2.18 bits per heavy atom. The van der Waals surface area contributed by atoms with Gasteiger partial charge in [0, 0.05) is 19.0 Å². The first-order chi connectivity index (χ1) is 10.3. The van der Waals surface area contributed by atoms with E-state index in [1.807, 2.05) is 20.8 Å². The molecular weight excluding hydrogens is 306 g/mol. The van der Waals surface area contributed by atoms with Crippen molar-refractivity contribution < 1.29 is 14.3 Å². The highest BCUT2D eigenvalue weighted by molar-refractivity contribution is 6.29. The monoisotopic (exact) mass is 327 g/mol. The number of aromatic nitrogens is 2. The van der Waals surface area contributed by atoms with Gasteiger partial charge < -0.3 is 14.4 Å². The molecule has 1 saturated heterocycles. The molecule has 1 fully saturated rings. The molecule has 0 aromatic carbocycles. The second-order valence-corrected chi connectivity index (χ2v) is 6.83. The minimum absolute atomic E-state index is 0.251. The molecule has 22 heavy (non-hydrogen) atoms. The number of amides is 1. The van der Waals surface area contributed by atoms with Crippen LogP contribution in [0.15, 0.2) is 12.1 Å². The van der Waals surface area contributed by atoms with E-state index in [2.05, 4.69) is 10.2 Å². The molecule has 0 bridgehead atoms. The molecule has 0 saturated carbocycles. The summed E-state index contributed by atoms with van der Waals surface area (Å²) in [5.74, 6) is 0.327. The summed E-state index contributed by atoms with van der Waals surface area (Å²) in [4.78, 5) is 13.7. The van der Waals surface area contributed by atoms with Crippen LogP contribution in [0.4, 0.5) is 4.79 Å². The highest BCUT2D eigenvalue weighted by atomic mass is 35.5. The standard InChI is InChI=1S/C15H22ClN3O3/c1-15(2,3)22-14(20)19-7-6-11(8-19)9-21-10-12-4-5-13(16)18-17-12/h4-5,11H,6-10H2,1-3H3/t11-/m0/s1. The van der Waals surface area contributed by atoms with Crippen molar-refractivity contribution >= 4 is 17.7 Å². The molecule has 0 N–H and O–H groups in total. The molecule has 1 aromatic heterocycles. The fourth-order valence-electron chi connectivity index (χ4n) is 2.21. The molecule has 2 heterocycles. The minimum Gasteiger partial charge on any atom is -0.444 e. The molecule has 0 unspecified atom stereocenters. The van der Waals surface area contributed by atoms with E-state index < -0.39 is 5.60 Å². The van der Waals surface area contributed by atoms with Crippen LogP contribution in [0.2, 0.25) is 5.15 Å². The van der Waals surface area contributed by atoms with Crippen molar-refractivity contribution in [3.8, 4) is 0 Å². The van der Waals surface area contributed by atoms with Gasteiger partial charge in [-0.15, -0.1) is 5.10 Å². The summed E-state index contributed by atoms with van der Waals surface area (Å²) in [5.41, 5.74) is 0.283. The Morgan fingerprint density at radius 3 is 2.82 bits per heavy atom. The highest BCUT2D eigenvalue weighted by Gasteiger charge is 2.29. The summed E-state index contributed by atoms with van der Waals surface area (Å²) in [7, 11) is 0. The lowest BCUT2D eigenvalue weighted by Gasteiger charge is -2.24. The van der Waals surface area contributed by atoms with Crippen molar-refractivity contribution in [2.75, 3.05) is 19.7 Å². The molecule has 0 spiro atoms. The third-order valence-corrected chi connectivity index (χ3v) is 3.43. The van der Waals surface area contributed by atoms with Crippen molar-refractivity contribution in [2.24, 2.45) is 5.92 Å². The Bertz CT molecular complexity index is 502. The van der Waals surface area contributed by atoms with Crippen molar-refractivity contribution in [2.45, 2.75) is 39.4 Å². The Hall–Kier alpha value is -1.40. The van der Waals surface area contributed by atoms with Gasteiger partial charge >= 0.3 is 6.09 Å². The van der Waals surface area contributed by atoms with Gasteiger partial charge in [0.05, 0.1) is 18.9 Å². The molecule has 122 valence electrons. The third kappa shape index (κ3) is 5.42. The molecular formula is C15H22ClN3O3. The number of hydrogen-bond donors (Lipinski definition) is 0. The van der Waals surface area contributed by atoms with E-state index in [9.17, 15) is 4.79 Å². The number of likely N-dealkylation sites (tertiary alicyclic amines) is 1. The van der Waals surface area contributed by atoms with Crippen molar-refractivity contribution in [3.63, 3.8) is 0 Å². The topological polar surface area (TPSA) is 64.5 Å². The Labute approximate surface area is 135 Å². The Kier molecular flexibility index (Phi) is 5.58. The maximum Gasteiger partial charge on any atom is 0.410 e. The fourth-order valence-corrected chi connectivity index (χ4v) is 2.31. The second kappa shape index (κ2) is 7.24. The van der Waals surface area contributed by atoms with Crippen molar-refractivity contribution in [1.29, 1.82) is 0 Å². The summed E-state index contributed by atoms with van der Waals surface area (Å²) >= 11 is 5.68. The van der Waals surface area contributed by atoms with Crippen LogP contribution < -0.4 is 0 Å². The lowest BCUT2D eigenvalue weighted by Crippen LogP contribution is -2.35. The highest BCUT2D eigenvalue weighted by Crippen LogP contribution is 2.20. The molecule has 1 atom stereocenters. The van der Waals surface area contributed by atoms with Crippen molar-refractivity contribution in [3.05, 3.63) is 23.0 Å². The number of carbonyl (C=O) groups is 1. The van der Waals surface area contributed by atoms with Crippen LogP contribution in [-0.4, -0.2) is 46.5 Å². The molecule has 1 amide bonds. The largest absolute Gasteiger partial charge is 0.444 e. The van der Waals surface area contributed by atoms with Gasteiger partial charge in [0.2, 0.25) is 0 Å². The number of hydrogen-bond acceptors (Lipinski definition) is 5.